The molecule has 9 nitrogen and oxygen atoms in total. The Balaban J connectivity index is 1.62. The summed E-state index contributed by atoms with van der Waals surface area (Å²) in [5.74, 6) is 0.472. The Labute approximate surface area is 159 Å². The molecule has 2 aromatic heterocycles. The molecule has 2 aromatic rings. The average Bonchev–Trinajstić information content (AvgIpc) is 3.18. The number of nitrogens with two attached hydrogens (primary N) is 1. The largest absolute Gasteiger partial charge is 0.382 e. The van der Waals surface area contributed by atoms with Gasteiger partial charge < -0.3 is 15.2 Å². The zero-order valence-corrected chi connectivity index (χ0v) is 17.2. The van der Waals surface area contributed by atoms with E-state index in [1.54, 1.807) is 6.33 Å². The molecule has 1 atom stereocenters. The standard InChI is InChI=1S/C17H29N6O3P/c1-11(2)14(12(3)4)27(24,25)26-22-7-17(5-6-17)8-23-10-21-13-15(18)19-9-20-16(13)23/h9-12,14,22H,5-8H2,1-4H3,(H,24,25)(H2,18,19,20). The summed E-state index contributed by atoms with van der Waals surface area (Å²) in [5.41, 5.74) is 9.46. The lowest BCUT2D eigenvalue weighted by Crippen LogP contribution is -2.31. The third-order valence-corrected chi connectivity index (χ3v) is 7.61. The van der Waals surface area contributed by atoms with Crippen molar-refractivity contribution >= 4 is 24.6 Å². The van der Waals surface area contributed by atoms with E-state index in [0.29, 0.717) is 30.1 Å². The van der Waals surface area contributed by atoms with Gasteiger partial charge >= 0.3 is 7.60 Å². The first-order valence-corrected chi connectivity index (χ1v) is 11.0. The summed E-state index contributed by atoms with van der Waals surface area (Å²) in [6.07, 6.45) is 5.13. The number of hydroxylamine groups is 1. The van der Waals surface area contributed by atoms with Crippen LogP contribution in [0.25, 0.3) is 11.2 Å². The number of nitrogen functional groups attached to an aromatic ring is 1. The molecule has 1 aliphatic carbocycles. The fraction of sp³-hybridized carbons (Fsp3) is 0.706. The summed E-state index contributed by atoms with van der Waals surface area (Å²) in [6.45, 7) is 8.94. The average molecular weight is 396 g/mol. The second-order valence-electron chi connectivity index (χ2n) is 8.26. The van der Waals surface area contributed by atoms with E-state index >= 15 is 0 Å². The fourth-order valence-corrected chi connectivity index (χ4v) is 5.68. The molecule has 1 unspecified atom stereocenters. The van der Waals surface area contributed by atoms with E-state index in [-0.39, 0.29) is 17.3 Å². The smallest absolute Gasteiger partial charge is 0.347 e. The maximum absolute atomic E-state index is 12.7. The Morgan fingerprint density at radius 3 is 2.56 bits per heavy atom. The van der Waals surface area contributed by atoms with Crippen LogP contribution in [0.4, 0.5) is 5.82 Å². The number of nitrogens with one attached hydrogen (secondary N) is 1. The summed E-state index contributed by atoms with van der Waals surface area (Å²) in [6, 6.07) is 0. The molecule has 10 heteroatoms. The third-order valence-electron chi connectivity index (χ3n) is 5.28. The summed E-state index contributed by atoms with van der Waals surface area (Å²) >= 11 is 0. The molecule has 1 fully saturated rings. The Morgan fingerprint density at radius 1 is 1.30 bits per heavy atom. The van der Waals surface area contributed by atoms with Gasteiger partial charge in [-0.2, -0.15) is 5.48 Å². The molecule has 27 heavy (non-hydrogen) atoms. The van der Waals surface area contributed by atoms with Crippen molar-refractivity contribution in [3.63, 3.8) is 0 Å². The van der Waals surface area contributed by atoms with Crippen molar-refractivity contribution in [3.05, 3.63) is 12.7 Å². The topological polar surface area (TPSA) is 128 Å². The minimum atomic E-state index is -3.76. The Morgan fingerprint density at radius 2 is 1.96 bits per heavy atom. The van der Waals surface area contributed by atoms with Crippen LogP contribution in [0.3, 0.4) is 0 Å². The number of anilines is 1. The van der Waals surface area contributed by atoms with Crippen molar-refractivity contribution in [2.75, 3.05) is 12.3 Å². The summed E-state index contributed by atoms with van der Waals surface area (Å²) in [5, 5.41) is 0. The first kappa shape index (κ1) is 20.2. The Bertz CT molecular complexity index is 840. The van der Waals surface area contributed by atoms with E-state index in [0.717, 1.165) is 12.8 Å². The van der Waals surface area contributed by atoms with Crippen LogP contribution in [0.15, 0.2) is 12.7 Å². The first-order valence-electron chi connectivity index (χ1n) is 9.30. The predicted octanol–water partition coefficient (Wildman–Crippen LogP) is 2.58. The minimum absolute atomic E-state index is 0.0432. The molecule has 0 saturated heterocycles. The van der Waals surface area contributed by atoms with Crippen LogP contribution >= 0.6 is 7.60 Å². The number of hydrogen-bond acceptors (Lipinski definition) is 7. The lowest BCUT2D eigenvalue weighted by molar-refractivity contribution is 0.131. The second-order valence-corrected chi connectivity index (χ2v) is 10.2. The van der Waals surface area contributed by atoms with Crippen LogP contribution in [0, 0.1) is 17.3 Å². The highest BCUT2D eigenvalue weighted by molar-refractivity contribution is 7.53. The number of hydrogen-bond donors (Lipinski definition) is 3. The van der Waals surface area contributed by atoms with Crippen LogP contribution in [-0.2, 0) is 15.7 Å². The van der Waals surface area contributed by atoms with Crippen molar-refractivity contribution in [2.45, 2.75) is 52.7 Å². The molecular weight excluding hydrogens is 367 g/mol. The minimum Gasteiger partial charge on any atom is -0.382 e. The molecule has 0 aromatic carbocycles. The maximum atomic E-state index is 12.7. The van der Waals surface area contributed by atoms with E-state index in [1.165, 1.54) is 6.33 Å². The lowest BCUT2D eigenvalue weighted by Gasteiger charge is -2.29. The number of aromatic nitrogens is 4. The van der Waals surface area contributed by atoms with Gasteiger partial charge in [-0.15, -0.1) is 0 Å². The molecule has 0 aliphatic heterocycles. The van der Waals surface area contributed by atoms with Gasteiger partial charge in [0, 0.05) is 18.5 Å². The molecular formula is C17H29N6O3P. The van der Waals surface area contributed by atoms with Gasteiger partial charge in [-0.25, -0.2) is 19.6 Å². The first-order chi connectivity index (χ1) is 12.7. The highest BCUT2D eigenvalue weighted by atomic mass is 31.2. The normalized spacial score (nSPS) is 18.5. The lowest BCUT2D eigenvalue weighted by atomic mass is 10.00. The van der Waals surface area contributed by atoms with E-state index in [1.807, 2.05) is 32.3 Å². The van der Waals surface area contributed by atoms with Crippen molar-refractivity contribution < 1.29 is 14.1 Å². The quantitative estimate of drug-likeness (QED) is 0.436. The number of imidazole rings is 1. The molecule has 1 aliphatic rings. The van der Waals surface area contributed by atoms with E-state index in [2.05, 4.69) is 20.4 Å². The molecule has 0 amide bonds. The Hall–Kier alpha value is -1.54. The van der Waals surface area contributed by atoms with Gasteiger partial charge in [-0.3, -0.25) is 4.57 Å². The number of nitrogens with zero attached hydrogens (tertiary/aromatic N) is 4. The van der Waals surface area contributed by atoms with Crippen molar-refractivity contribution in [3.8, 4) is 0 Å². The number of fused-ring (bicyclic) bond motifs is 1. The van der Waals surface area contributed by atoms with Gasteiger partial charge in [0.1, 0.15) is 11.8 Å². The van der Waals surface area contributed by atoms with Gasteiger partial charge in [0.15, 0.2) is 11.5 Å². The third kappa shape index (κ3) is 4.32. The monoisotopic (exact) mass is 396 g/mol. The molecule has 1 saturated carbocycles. The van der Waals surface area contributed by atoms with E-state index in [4.69, 9.17) is 10.4 Å². The van der Waals surface area contributed by atoms with E-state index in [9.17, 15) is 9.46 Å². The van der Waals surface area contributed by atoms with Crippen LogP contribution in [-0.4, -0.2) is 36.6 Å². The maximum Gasteiger partial charge on any atom is 0.347 e. The van der Waals surface area contributed by atoms with Crippen LogP contribution in [0.2, 0.25) is 0 Å². The van der Waals surface area contributed by atoms with Crippen molar-refractivity contribution in [1.82, 2.24) is 25.0 Å². The Kier molecular flexibility index (Phi) is 5.59. The summed E-state index contributed by atoms with van der Waals surface area (Å²) in [4.78, 5) is 22.9. The van der Waals surface area contributed by atoms with Crippen LogP contribution in [0.5, 0.6) is 0 Å². The SMILES string of the molecule is CC(C)C(C(C)C)P(=O)(O)ONCC1(Cn2cnc3c(N)ncnc32)CC1. The van der Waals surface area contributed by atoms with Crippen molar-refractivity contribution in [1.29, 1.82) is 0 Å². The van der Waals surface area contributed by atoms with Gasteiger partial charge in [0.05, 0.1) is 12.0 Å². The highest BCUT2D eigenvalue weighted by Crippen LogP contribution is 2.53. The summed E-state index contributed by atoms with van der Waals surface area (Å²) in [7, 11) is -3.76. The zero-order valence-electron chi connectivity index (χ0n) is 16.3. The van der Waals surface area contributed by atoms with Gasteiger partial charge in [0.25, 0.3) is 0 Å². The second kappa shape index (κ2) is 7.47. The highest BCUT2D eigenvalue weighted by Gasteiger charge is 2.44. The van der Waals surface area contributed by atoms with Gasteiger partial charge in [0.2, 0.25) is 0 Å². The van der Waals surface area contributed by atoms with Crippen molar-refractivity contribution in [2.24, 2.45) is 17.3 Å². The van der Waals surface area contributed by atoms with E-state index < -0.39 is 13.3 Å². The fourth-order valence-electron chi connectivity index (χ4n) is 3.81. The molecule has 0 bridgehead atoms. The molecule has 2 heterocycles. The number of rotatable bonds is 9. The molecule has 0 radical (unpaired) electrons. The molecule has 3 rings (SSSR count). The summed E-state index contributed by atoms with van der Waals surface area (Å²) < 4.78 is 19.9. The van der Waals surface area contributed by atoms with Gasteiger partial charge in [-0.05, 0) is 24.7 Å². The zero-order chi connectivity index (χ0) is 19.8. The predicted molar refractivity (Wildman–Crippen MR) is 104 cm³/mol. The van der Waals surface area contributed by atoms with Gasteiger partial charge in [-0.1, -0.05) is 27.7 Å². The molecule has 150 valence electrons. The van der Waals surface area contributed by atoms with Crippen LogP contribution < -0.4 is 11.2 Å². The van der Waals surface area contributed by atoms with Crippen LogP contribution in [0.1, 0.15) is 40.5 Å². The molecule has 0 spiro atoms. The molecule has 4 N–H and O–H groups in total.